The third-order valence-electron chi connectivity index (χ3n) is 2.85. The fourth-order valence-electron chi connectivity index (χ4n) is 1.81. The number of rotatable bonds is 3. The van der Waals surface area contributed by atoms with Crippen LogP contribution in [0.2, 0.25) is 0 Å². The molecule has 1 aromatic carbocycles. The Bertz CT molecular complexity index is 972. The molecule has 0 aliphatic heterocycles. The fraction of sp³-hybridized carbons (Fsp3) is 0.154. The van der Waals surface area contributed by atoms with Crippen molar-refractivity contribution in [2.75, 3.05) is 11.6 Å². The molecule has 0 fully saturated rings. The molecular weight excluding hydrogens is 326 g/mol. The van der Waals surface area contributed by atoms with Crippen LogP contribution in [-0.4, -0.2) is 30.5 Å². The lowest BCUT2D eigenvalue weighted by Crippen LogP contribution is -2.10. The molecule has 0 saturated carbocycles. The number of hydrogen-bond donors (Lipinski definition) is 1. The summed E-state index contributed by atoms with van der Waals surface area (Å²) in [6, 6.07) is 4.63. The number of hydrogen-bond acceptors (Lipinski definition) is 7. The van der Waals surface area contributed by atoms with Crippen LogP contribution < -0.4 is 5.32 Å². The van der Waals surface area contributed by atoms with Gasteiger partial charge in [-0.3, -0.25) is 10.1 Å². The zero-order valence-electron chi connectivity index (χ0n) is 11.7. The zero-order chi connectivity index (χ0) is 15.9. The molecule has 2 aromatic heterocycles. The van der Waals surface area contributed by atoms with Crippen LogP contribution in [-0.2, 0) is 9.84 Å². The van der Waals surface area contributed by atoms with Gasteiger partial charge in [0.25, 0.3) is 5.91 Å². The minimum absolute atomic E-state index is 0.0913. The Morgan fingerprint density at radius 2 is 2.14 bits per heavy atom. The number of nitrogens with zero attached hydrogens (tertiary/aromatic N) is 2. The van der Waals surface area contributed by atoms with Crippen LogP contribution in [0.1, 0.15) is 16.4 Å². The Balaban J connectivity index is 1.90. The summed E-state index contributed by atoms with van der Waals surface area (Å²) in [6.07, 6.45) is 2.48. The topological polar surface area (TPSA) is 102 Å². The average Bonchev–Trinajstić information content (AvgIpc) is 3.02. The summed E-state index contributed by atoms with van der Waals surface area (Å²) in [5.41, 5.74) is 0.612. The molecule has 0 unspecified atom stereocenters. The summed E-state index contributed by atoms with van der Waals surface area (Å²) in [6.45, 7) is 1.64. The van der Waals surface area contributed by atoms with Gasteiger partial charge in [-0.15, -0.1) is 0 Å². The van der Waals surface area contributed by atoms with Gasteiger partial charge in [-0.25, -0.2) is 18.4 Å². The van der Waals surface area contributed by atoms with Crippen LogP contribution in [0.4, 0.5) is 5.13 Å². The number of benzene rings is 1. The van der Waals surface area contributed by atoms with Gasteiger partial charge in [0.15, 0.2) is 20.9 Å². The Hall–Kier alpha value is -2.26. The highest BCUT2D eigenvalue weighted by Gasteiger charge is 2.15. The van der Waals surface area contributed by atoms with E-state index in [-0.39, 0.29) is 10.7 Å². The smallest absolute Gasteiger partial charge is 0.294 e. The SMILES string of the molecule is Cc1ncc(C(=O)Nc2nc3ccc(S(C)(=O)=O)cc3s2)o1. The van der Waals surface area contributed by atoms with Crippen molar-refractivity contribution in [2.45, 2.75) is 11.8 Å². The van der Waals surface area contributed by atoms with E-state index in [0.717, 1.165) is 6.26 Å². The molecule has 9 heteroatoms. The number of aryl methyl sites for hydroxylation is 1. The minimum atomic E-state index is -3.28. The van der Waals surface area contributed by atoms with E-state index in [1.165, 1.54) is 29.7 Å². The maximum atomic E-state index is 12.0. The van der Waals surface area contributed by atoms with Crippen LogP contribution in [0.25, 0.3) is 10.2 Å². The molecule has 3 aromatic rings. The van der Waals surface area contributed by atoms with Crippen LogP contribution in [0.5, 0.6) is 0 Å². The number of thiazole rings is 1. The fourth-order valence-corrected chi connectivity index (χ4v) is 3.44. The predicted octanol–water partition coefficient (Wildman–Crippen LogP) is 2.25. The quantitative estimate of drug-likeness (QED) is 0.786. The van der Waals surface area contributed by atoms with Gasteiger partial charge in [-0.1, -0.05) is 11.3 Å². The number of aromatic nitrogens is 2. The molecule has 2 heterocycles. The largest absolute Gasteiger partial charge is 0.436 e. The molecule has 114 valence electrons. The van der Waals surface area contributed by atoms with Gasteiger partial charge in [-0.2, -0.15) is 0 Å². The van der Waals surface area contributed by atoms with Crippen molar-refractivity contribution in [3.63, 3.8) is 0 Å². The Morgan fingerprint density at radius 3 is 2.77 bits per heavy atom. The Labute approximate surface area is 129 Å². The van der Waals surface area contributed by atoms with Crippen LogP contribution in [0, 0.1) is 6.92 Å². The van der Waals surface area contributed by atoms with E-state index in [0.29, 0.717) is 21.2 Å². The van der Waals surface area contributed by atoms with Gasteiger partial charge < -0.3 is 4.42 Å². The average molecular weight is 337 g/mol. The van der Waals surface area contributed by atoms with Crippen LogP contribution in [0.3, 0.4) is 0 Å². The monoisotopic (exact) mass is 337 g/mol. The lowest BCUT2D eigenvalue weighted by atomic mass is 10.3. The second kappa shape index (κ2) is 5.18. The third kappa shape index (κ3) is 2.85. The summed E-state index contributed by atoms with van der Waals surface area (Å²) in [5.74, 6) is 0.0313. The summed E-state index contributed by atoms with van der Waals surface area (Å²) in [7, 11) is -3.28. The maximum Gasteiger partial charge on any atom is 0.294 e. The second-order valence-corrected chi connectivity index (χ2v) is 7.66. The van der Waals surface area contributed by atoms with E-state index in [4.69, 9.17) is 4.42 Å². The molecular formula is C13H11N3O4S2. The molecule has 0 atom stereocenters. The second-order valence-electron chi connectivity index (χ2n) is 4.62. The van der Waals surface area contributed by atoms with E-state index in [2.05, 4.69) is 15.3 Å². The number of oxazole rings is 1. The number of nitrogens with one attached hydrogen (secondary N) is 1. The molecule has 0 aliphatic carbocycles. The Morgan fingerprint density at radius 1 is 1.36 bits per heavy atom. The first-order chi connectivity index (χ1) is 10.3. The molecule has 0 bridgehead atoms. The van der Waals surface area contributed by atoms with E-state index in [1.54, 1.807) is 13.0 Å². The zero-order valence-corrected chi connectivity index (χ0v) is 13.3. The lowest BCUT2D eigenvalue weighted by molar-refractivity contribution is 0.0995. The number of amides is 1. The van der Waals surface area contributed by atoms with E-state index in [9.17, 15) is 13.2 Å². The predicted molar refractivity (Wildman–Crippen MR) is 81.9 cm³/mol. The first kappa shape index (κ1) is 14.7. The van der Waals surface area contributed by atoms with Crippen molar-refractivity contribution in [3.05, 3.63) is 36.0 Å². The summed E-state index contributed by atoms with van der Waals surface area (Å²) in [5, 5.41) is 2.97. The number of carbonyl (C=O) groups excluding carboxylic acids is 1. The summed E-state index contributed by atoms with van der Waals surface area (Å²) >= 11 is 1.19. The third-order valence-corrected chi connectivity index (χ3v) is 4.90. The molecule has 0 radical (unpaired) electrons. The van der Waals surface area contributed by atoms with Crippen molar-refractivity contribution in [3.8, 4) is 0 Å². The van der Waals surface area contributed by atoms with Gasteiger partial charge >= 0.3 is 0 Å². The van der Waals surface area contributed by atoms with Crippen LogP contribution >= 0.6 is 11.3 Å². The van der Waals surface area contributed by atoms with Crippen molar-refractivity contribution < 1.29 is 17.6 Å². The van der Waals surface area contributed by atoms with E-state index < -0.39 is 15.7 Å². The van der Waals surface area contributed by atoms with Gasteiger partial charge in [0, 0.05) is 13.2 Å². The van der Waals surface area contributed by atoms with E-state index in [1.807, 2.05) is 0 Å². The van der Waals surface area contributed by atoms with Crippen LogP contribution in [0.15, 0.2) is 33.7 Å². The summed E-state index contributed by atoms with van der Waals surface area (Å²) in [4.78, 5) is 20.3. The highest BCUT2D eigenvalue weighted by atomic mass is 32.2. The number of fused-ring (bicyclic) bond motifs is 1. The molecule has 0 aliphatic rings. The molecule has 1 N–H and O–H groups in total. The van der Waals surface area contributed by atoms with Gasteiger partial charge in [0.2, 0.25) is 5.76 Å². The highest BCUT2D eigenvalue weighted by molar-refractivity contribution is 7.90. The van der Waals surface area contributed by atoms with Crippen molar-refractivity contribution in [2.24, 2.45) is 0 Å². The molecule has 22 heavy (non-hydrogen) atoms. The van der Waals surface area contributed by atoms with Crippen molar-refractivity contribution >= 4 is 42.4 Å². The minimum Gasteiger partial charge on any atom is -0.436 e. The number of anilines is 1. The molecule has 3 rings (SSSR count). The van der Waals surface area contributed by atoms with Gasteiger partial charge in [-0.05, 0) is 18.2 Å². The first-order valence-electron chi connectivity index (χ1n) is 6.17. The normalized spacial score (nSPS) is 11.7. The van der Waals surface area contributed by atoms with Gasteiger partial charge in [0.1, 0.15) is 0 Å². The molecule has 7 nitrogen and oxygen atoms in total. The lowest BCUT2D eigenvalue weighted by Gasteiger charge is -1.96. The standard InChI is InChI=1S/C13H11N3O4S2/c1-7-14-6-10(20-7)12(17)16-13-15-9-4-3-8(22(2,18)19)5-11(9)21-13/h3-6H,1-2H3,(H,15,16,17). The number of sulfone groups is 1. The van der Waals surface area contributed by atoms with E-state index >= 15 is 0 Å². The molecule has 0 spiro atoms. The van der Waals surface area contributed by atoms with Crippen molar-refractivity contribution in [1.29, 1.82) is 0 Å². The van der Waals surface area contributed by atoms with Gasteiger partial charge in [0.05, 0.1) is 21.3 Å². The van der Waals surface area contributed by atoms with Crippen molar-refractivity contribution in [1.82, 2.24) is 9.97 Å². The highest BCUT2D eigenvalue weighted by Crippen LogP contribution is 2.28. The molecule has 0 saturated heterocycles. The number of carbonyl (C=O) groups is 1. The molecule has 1 amide bonds. The summed E-state index contributed by atoms with van der Waals surface area (Å²) < 4.78 is 28.9. The first-order valence-corrected chi connectivity index (χ1v) is 8.88. The maximum absolute atomic E-state index is 12.0. The Kier molecular flexibility index (Phi) is 3.45.